The standard InChI is InChI=1S/C9H19N3O/c1-3-12(2)5-4-11-9(13)8-6-10-7-8/h8,10H,3-7H2,1-2H3,(H,11,13). The zero-order chi connectivity index (χ0) is 9.68. The summed E-state index contributed by atoms with van der Waals surface area (Å²) < 4.78 is 0. The summed E-state index contributed by atoms with van der Waals surface area (Å²) in [4.78, 5) is 13.5. The van der Waals surface area contributed by atoms with Crippen LogP contribution in [0.3, 0.4) is 0 Å². The van der Waals surface area contributed by atoms with Crippen LogP contribution in [0.15, 0.2) is 0 Å². The van der Waals surface area contributed by atoms with Crippen LogP contribution in [-0.2, 0) is 4.79 Å². The number of hydrogen-bond acceptors (Lipinski definition) is 3. The van der Waals surface area contributed by atoms with E-state index in [1.165, 1.54) is 0 Å². The molecule has 0 radical (unpaired) electrons. The lowest BCUT2D eigenvalue weighted by Crippen LogP contribution is -2.51. The van der Waals surface area contributed by atoms with Crippen LogP contribution < -0.4 is 10.6 Å². The Morgan fingerprint density at radius 3 is 2.77 bits per heavy atom. The highest BCUT2D eigenvalue weighted by molar-refractivity contribution is 5.79. The molecular formula is C9H19N3O. The lowest BCUT2D eigenvalue weighted by molar-refractivity contribution is -0.126. The average Bonchev–Trinajstić information content (AvgIpc) is 2.01. The second-order valence-corrected chi connectivity index (χ2v) is 3.54. The summed E-state index contributed by atoms with van der Waals surface area (Å²) in [6.07, 6.45) is 0. The quantitative estimate of drug-likeness (QED) is 0.594. The van der Waals surface area contributed by atoms with Crippen molar-refractivity contribution >= 4 is 5.91 Å². The number of carbonyl (C=O) groups excluding carboxylic acids is 1. The largest absolute Gasteiger partial charge is 0.354 e. The van der Waals surface area contributed by atoms with Crippen molar-refractivity contribution in [3.63, 3.8) is 0 Å². The van der Waals surface area contributed by atoms with Crippen molar-refractivity contribution in [2.45, 2.75) is 6.92 Å². The molecular weight excluding hydrogens is 166 g/mol. The van der Waals surface area contributed by atoms with Gasteiger partial charge in [0.15, 0.2) is 0 Å². The highest BCUT2D eigenvalue weighted by Crippen LogP contribution is 2.01. The minimum atomic E-state index is 0.197. The second kappa shape index (κ2) is 5.19. The number of rotatable bonds is 5. The van der Waals surface area contributed by atoms with Gasteiger partial charge >= 0.3 is 0 Å². The van der Waals surface area contributed by atoms with Gasteiger partial charge in [-0.3, -0.25) is 4.79 Å². The highest BCUT2D eigenvalue weighted by atomic mass is 16.2. The zero-order valence-electron chi connectivity index (χ0n) is 8.47. The zero-order valence-corrected chi connectivity index (χ0v) is 8.47. The molecule has 0 saturated carbocycles. The van der Waals surface area contributed by atoms with E-state index in [1.54, 1.807) is 0 Å². The Hall–Kier alpha value is -0.610. The molecule has 0 spiro atoms. The molecule has 0 aromatic carbocycles. The molecule has 0 aliphatic carbocycles. The SMILES string of the molecule is CCN(C)CCNC(=O)C1CNC1. The highest BCUT2D eigenvalue weighted by Gasteiger charge is 2.23. The lowest BCUT2D eigenvalue weighted by Gasteiger charge is -2.26. The Bertz CT molecular complexity index is 168. The summed E-state index contributed by atoms with van der Waals surface area (Å²) in [7, 11) is 2.05. The molecule has 1 rings (SSSR count). The maximum atomic E-state index is 11.3. The van der Waals surface area contributed by atoms with Crippen molar-refractivity contribution < 1.29 is 4.79 Å². The smallest absolute Gasteiger partial charge is 0.225 e. The fraction of sp³-hybridized carbons (Fsp3) is 0.889. The maximum Gasteiger partial charge on any atom is 0.225 e. The van der Waals surface area contributed by atoms with Crippen LogP contribution >= 0.6 is 0 Å². The molecule has 2 N–H and O–H groups in total. The molecule has 1 heterocycles. The molecule has 1 aliphatic heterocycles. The van der Waals surface area contributed by atoms with Crippen molar-refractivity contribution in [1.29, 1.82) is 0 Å². The molecule has 0 unspecified atom stereocenters. The number of nitrogens with one attached hydrogen (secondary N) is 2. The summed E-state index contributed by atoms with van der Waals surface area (Å²) in [5.74, 6) is 0.412. The Labute approximate surface area is 79.7 Å². The van der Waals surface area contributed by atoms with Crippen molar-refractivity contribution in [2.24, 2.45) is 5.92 Å². The van der Waals surface area contributed by atoms with Crippen molar-refractivity contribution in [2.75, 3.05) is 39.8 Å². The first kappa shape index (κ1) is 10.5. The van der Waals surface area contributed by atoms with E-state index in [-0.39, 0.29) is 11.8 Å². The fourth-order valence-corrected chi connectivity index (χ4v) is 1.15. The normalized spacial score (nSPS) is 17.2. The van der Waals surface area contributed by atoms with Gasteiger partial charge in [-0.1, -0.05) is 6.92 Å². The molecule has 1 amide bonds. The van der Waals surface area contributed by atoms with Crippen LogP contribution in [0.4, 0.5) is 0 Å². The monoisotopic (exact) mass is 185 g/mol. The Balaban J connectivity index is 2.01. The van der Waals surface area contributed by atoms with Crippen molar-refractivity contribution in [1.82, 2.24) is 15.5 Å². The molecule has 76 valence electrons. The van der Waals surface area contributed by atoms with Gasteiger partial charge in [-0.05, 0) is 13.6 Å². The molecule has 0 aromatic heterocycles. The van der Waals surface area contributed by atoms with E-state index in [0.29, 0.717) is 0 Å². The first-order valence-corrected chi connectivity index (χ1v) is 4.91. The molecule has 0 aromatic rings. The van der Waals surface area contributed by atoms with E-state index in [4.69, 9.17) is 0 Å². The molecule has 13 heavy (non-hydrogen) atoms. The minimum Gasteiger partial charge on any atom is -0.354 e. The minimum absolute atomic E-state index is 0.197. The summed E-state index contributed by atoms with van der Waals surface area (Å²) in [5.41, 5.74) is 0. The van der Waals surface area contributed by atoms with E-state index in [2.05, 4.69) is 29.5 Å². The molecule has 4 heteroatoms. The van der Waals surface area contributed by atoms with E-state index < -0.39 is 0 Å². The third-order valence-electron chi connectivity index (χ3n) is 2.48. The number of amides is 1. The summed E-state index contributed by atoms with van der Waals surface area (Å²) >= 11 is 0. The van der Waals surface area contributed by atoms with E-state index >= 15 is 0 Å². The van der Waals surface area contributed by atoms with Gasteiger partial charge in [0.05, 0.1) is 5.92 Å². The van der Waals surface area contributed by atoms with E-state index in [1.807, 2.05) is 0 Å². The number of carbonyl (C=O) groups is 1. The van der Waals surface area contributed by atoms with Gasteiger partial charge in [0.25, 0.3) is 0 Å². The molecule has 0 bridgehead atoms. The summed E-state index contributed by atoms with van der Waals surface area (Å²) in [6, 6.07) is 0. The molecule has 1 fully saturated rings. The Morgan fingerprint density at radius 1 is 1.62 bits per heavy atom. The second-order valence-electron chi connectivity index (χ2n) is 3.54. The lowest BCUT2D eigenvalue weighted by atomic mass is 10.0. The third-order valence-corrected chi connectivity index (χ3v) is 2.48. The van der Waals surface area contributed by atoms with Crippen LogP contribution in [-0.4, -0.2) is 50.6 Å². The van der Waals surface area contributed by atoms with Gasteiger partial charge in [0, 0.05) is 26.2 Å². The number of likely N-dealkylation sites (N-methyl/N-ethyl adjacent to an activating group) is 1. The van der Waals surface area contributed by atoms with Crippen LogP contribution in [0.25, 0.3) is 0 Å². The number of nitrogens with zero attached hydrogens (tertiary/aromatic N) is 1. The third kappa shape index (κ3) is 3.32. The van der Waals surface area contributed by atoms with Gasteiger partial charge in [-0.2, -0.15) is 0 Å². The van der Waals surface area contributed by atoms with Gasteiger partial charge in [0.1, 0.15) is 0 Å². The van der Waals surface area contributed by atoms with Crippen molar-refractivity contribution in [3.05, 3.63) is 0 Å². The maximum absolute atomic E-state index is 11.3. The number of hydrogen-bond donors (Lipinski definition) is 2. The topological polar surface area (TPSA) is 44.4 Å². The van der Waals surface area contributed by atoms with Crippen LogP contribution in [0, 0.1) is 5.92 Å². The predicted octanol–water partition coefficient (Wildman–Crippen LogP) is -0.726. The fourth-order valence-electron chi connectivity index (χ4n) is 1.15. The molecule has 1 aliphatic rings. The summed E-state index contributed by atoms with van der Waals surface area (Å²) in [5, 5.41) is 6.01. The van der Waals surface area contributed by atoms with Gasteiger partial charge < -0.3 is 15.5 Å². The van der Waals surface area contributed by atoms with E-state index in [0.717, 1.165) is 32.7 Å². The molecule has 4 nitrogen and oxygen atoms in total. The van der Waals surface area contributed by atoms with Crippen LogP contribution in [0.5, 0.6) is 0 Å². The van der Waals surface area contributed by atoms with Gasteiger partial charge in [0.2, 0.25) is 5.91 Å². The van der Waals surface area contributed by atoms with E-state index in [9.17, 15) is 4.79 Å². The molecule has 0 atom stereocenters. The predicted molar refractivity (Wildman–Crippen MR) is 52.5 cm³/mol. The first-order valence-electron chi connectivity index (χ1n) is 4.91. The Morgan fingerprint density at radius 2 is 2.31 bits per heavy atom. The average molecular weight is 185 g/mol. The first-order chi connectivity index (χ1) is 6.24. The van der Waals surface area contributed by atoms with Gasteiger partial charge in [-0.15, -0.1) is 0 Å². The van der Waals surface area contributed by atoms with Crippen LogP contribution in [0.1, 0.15) is 6.92 Å². The Kier molecular flexibility index (Phi) is 4.18. The van der Waals surface area contributed by atoms with Crippen molar-refractivity contribution in [3.8, 4) is 0 Å². The van der Waals surface area contributed by atoms with Gasteiger partial charge in [-0.25, -0.2) is 0 Å². The molecule has 1 saturated heterocycles. The summed E-state index contributed by atoms with van der Waals surface area (Å²) in [6.45, 7) is 6.52. The van der Waals surface area contributed by atoms with Crippen LogP contribution in [0.2, 0.25) is 0 Å².